The lowest BCUT2D eigenvalue weighted by Crippen LogP contribution is -1.82. The minimum absolute atomic E-state index is 1.18. The molecule has 0 aliphatic carbocycles. The van der Waals surface area contributed by atoms with Crippen molar-refractivity contribution in [3.8, 4) is 22.3 Å². The van der Waals surface area contributed by atoms with E-state index in [0.717, 1.165) is 0 Å². The standard InChI is InChI=1S/C24H17N/c1-3-9-17(10-4-1)19-13-7-15-21-23(19)24-20(14-8-16-22(24)25-21)18-11-5-2-6-12-18/h1-16,25H. The zero-order valence-corrected chi connectivity index (χ0v) is 13.7. The van der Waals surface area contributed by atoms with Crippen molar-refractivity contribution in [3.05, 3.63) is 97.1 Å². The second kappa shape index (κ2) is 5.64. The molecule has 1 aromatic heterocycles. The Morgan fingerprint density at radius 2 is 0.840 bits per heavy atom. The molecule has 1 heteroatoms. The zero-order valence-electron chi connectivity index (χ0n) is 13.7. The van der Waals surface area contributed by atoms with Gasteiger partial charge in [0, 0.05) is 21.8 Å². The number of aromatic amines is 1. The van der Waals surface area contributed by atoms with E-state index in [1.54, 1.807) is 0 Å². The Kier molecular flexibility index (Phi) is 3.17. The van der Waals surface area contributed by atoms with Crippen molar-refractivity contribution in [2.75, 3.05) is 0 Å². The number of rotatable bonds is 2. The third-order valence-electron chi connectivity index (χ3n) is 4.82. The zero-order chi connectivity index (χ0) is 16.6. The Balaban J connectivity index is 1.93. The lowest BCUT2D eigenvalue weighted by atomic mass is 9.95. The van der Waals surface area contributed by atoms with Gasteiger partial charge in [-0.25, -0.2) is 0 Å². The van der Waals surface area contributed by atoms with Crippen LogP contribution in [-0.2, 0) is 0 Å². The monoisotopic (exact) mass is 319 g/mol. The largest absolute Gasteiger partial charge is 0.354 e. The van der Waals surface area contributed by atoms with Crippen molar-refractivity contribution in [1.82, 2.24) is 4.98 Å². The van der Waals surface area contributed by atoms with Crippen LogP contribution in [-0.4, -0.2) is 4.98 Å². The van der Waals surface area contributed by atoms with E-state index in [-0.39, 0.29) is 0 Å². The molecule has 0 unspecified atom stereocenters. The van der Waals surface area contributed by atoms with Crippen LogP contribution in [0, 0.1) is 0 Å². The SMILES string of the molecule is c1ccc(-c2cccc3[nH]c4cccc(-c5ccccc5)c4c23)cc1. The molecule has 0 amide bonds. The summed E-state index contributed by atoms with van der Waals surface area (Å²) >= 11 is 0. The number of nitrogens with one attached hydrogen (secondary N) is 1. The van der Waals surface area contributed by atoms with Crippen LogP contribution in [0.15, 0.2) is 97.1 Å². The van der Waals surface area contributed by atoms with Crippen molar-refractivity contribution in [3.63, 3.8) is 0 Å². The minimum atomic E-state index is 1.18. The molecule has 118 valence electrons. The fraction of sp³-hybridized carbons (Fsp3) is 0. The molecule has 0 atom stereocenters. The predicted molar refractivity (Wildman–Crippen MR) is 107 cm³/mol. The van der Waals surface area contributed by atoms with Gasteiger partial charge in [0.1, 0.15) is 0 Å². The highest BCUT2D eigenvalue weighted by atomic mass is 14.7. The smallest absolute Gasteiger partial charge is 0.0471 e. The normalized spacial score (nSPS) is 11.2. The molecular formula is C24H17N. The highest BCUT2D eigenvalue weighted by Gasteiger charge is 2.13. The van der Waals surface area contributed by atoms with Gasteiger partial charge in [0.05, 0.1) is 0 Å². The second-order valence-corrected chi connectivity index (χ2v) is 6.31. The van der Waals surface area contributed by atoms with Crippen molar-refractivity contribution in [2.24, 2.45) is 0 Å². The molecule has 0 aliphatic heterocycles. The molecule has 5 aromatic rings. The van der Waals surface area contributed by atoms with E-state index in [1.807, 2.05) is 0 Å². The Morgan fingerprint density at radius 1 is 0.400 bits per heavy atom. The molecular weight excluding hydrogens is 302 g/mol. The number of aromatic nitrogens is 1. The van der Waals surface area contributed by atoms with E-state index in [2.05, 4.69) is 102 Å². The third-order valence-corrected chi connectivity index (χ3v) is 4.82. The lowest BCUT2D eigenvalue weighted by Gasteiger charge is -2.08. The van der Waals surface area contributed by atoms with Crippen LogP contribution in [0.25, 0.3) is 44.1 Å². The van der Waals surface area contributed by atoms with Crippen molar-refractivity contribution in [2.45, 2.75) is 0 Å². The van der Waals surface area contributed by atoms with Gasteiger partial charge in [0.15, 0.2) is 0 Å². The summed E-state index contributed by atoms with van der Waals surface area (Å²) in [7, 11) is 0. The van der Waals surface area contributed by atoms with E-state index in [1.165, 1.54) is 44.1 Å². The average molecular weight is 319 g/mol. The van der Waals surface area contributed by atoms with Crippen LogP contribution < -0.4 is 0 Å². The van der Waals surface area contributed by atoms with E-state index >= 15 is 0 Å². The summed E-state index contributed by atoms with van der Waals surface area (Å²) in [4.78, 5) is 3.60. The highest BCUT2D eigenvalue weighted by molar-refractivity contribution is 6.19. The highest BCUT2D eigenvalue weighted by Crippen LogP contribution is 2.39. The van der Waals surface area contributed by atoms with Gasteiger partial charge in [0.25, 0.3) is 0 Å². The molecule has 0 fully saturated rings. The molecule has 1 heterocycles. The van der Waals surface area contributed by atoms with Gasteiger partial charge in [-0.2, -0.15) is 0 Å². The third kappa shape index (κ3) is 2.25. The molecule has 0 saturated carbocycles. The van der Waals surface area contributed by atoms with E-state index in [4.69, 9.17) is 0 Å². The number of benzene rings is 4. The van der Waals surface area contributed by atoms with Crippen LogP contribution in [0.5, 0.6) is 0 Å². The van der Waals surface area contributed by atoms with Gasteiger partial charge < -0.3 is 4.98 Å². The first-order valence-electron chi connectivity index (χ1n) is 8.56. The molecule has 0 aliphatic rings. The first-order valence-corrected chi connectivity index (χ1v) is 8.56. The molecule has 0 saturated heterocycles. The Morgan fingerprint density at radius 3 is 1.28 bits per heavy atom. The van der Waals surface area contributed by atoms with Crippen LogP contribution in [0.2, 0.25) is 0 Å². The van der Waals surface area contributed by atoms with E-state index < -0.39 is 0 Å². The molecule has 0 bridgehead atoms. The van der Waals surface area contributed by atoms with Gasteiger partial charge in [-0.05, 0) is 34.4 Å². The van der Waals surface area contributed by atoms with Crippen LogP contribution >= 0.6 is 0 Å². The Hall–Kier alpha value is -3.32. The molecule has 1 nitrogen and oxygen atoms in total. The maximum Gasteiger partial charge on any atom is 0.0471 e. The van der Waals surface area contributed by atoms with Crippen LogP contribution in [0.1, 0.15) is 0 Å². The summed E-state index contributed by atoms with van der Waals surface area (Å²) in [5.74, 6) is 0. The first kappa shape index (κ1) is 14.1. The molecule has 0 radical (unpaired) electrons. The van der Waals surface area contributed by atoms with Crippen molar-refractivity contribution in [1.29, 1.82) is 0 Å². The van der Waals surface area contributed by atoms with Gasteiger partial charge in [-0.15, -0.1) is 0 Å². The summed E-state index contributed by atoms with van der Waals surface area (Å²) in [6, 6.07) is 34.2. The molecule has 4 aromatic carbocycles. The fourth-order valence-corrected chi connectivity index (χ4v) is 3.71. The molecule has 0 spiro atoms. The average Bonchev–Trinajstić information content (AvgIpc) is 3.08. The summed E-state index contributed by atoms with van der Waals surface area (Å²) < 4.78 is 0. The van der Waals surface area contributed by atoms with Gasteiger partial charge >= 0.3 is 0 Å². The van der Waals surface area contributed by atoms with Crippen LogP contribution in [0.3, 0.4) is 0 Å². The quantitative estimate of drug-likeness (QED) is 0.374. The Bertz CT molecular complexity index is 1070. The number of hydrogen-bond donors (Lipinski definition) is 1. The molecule has 1 N–H and O–H groups in total. The lowest BCUT2D eigenvalue weighted by molar-refractivity contribution is 1.54. The minimum Gasteiger partial charge on any atom is -0.354 e. The van der Waals surface area contributed by atoms with Gasteiger partial charge in [-0.3, -0.25) is 0 Å². The topological polar surface area (TPSA) is 15.8 Å². The number of H-pyrrole nitrogens is 1. The van der Waals surface area contributed by atoms with Gasteiger partial charge in [0.2, 0.25) is 0 Å². The summed E-state index contributed by atoms with van der Waals surface area (Å²) in [5.41, 5.74) is 7.40. The maximum absolute atomic E-state index is 3.60. The molecule has 25 heavy (non-hydrogen) atoms. The predicted octanol–water partition coefficient (Wildman–Crippen LogP) is 6.66. The number of hydrogen-bond acceptors (Lipinski definition) is 0. The summed E-state index contributed by atoms with van der Waals surface area (Å²) in [6.45, 7) is 0. The van der Waals surface area contributed by atoms with E-state index in [0.29, 0.717) is 0 Å². The second-order valence-electron chi connectivity index (χ2n) is 6.31. The summed E-state index contributed by atoms with van der Waals surface area (Å²) in [5, 5.41) is 2.59. The van der Waals surface area contributed by atoms with Crippen LogP contribution in [0.4, 0.5) is 0 Å². The van der Waals surface area contributed by atoms with Crippen molar-refractivity contribution >= 4 is 21.8 Å². The number of fused-ring (bicyclic) bond motifs is 3. The first-order chi connectivity index (χ1) is 12.4. The maximum atomic E-state index is 3.60. The Labute approximate surface area is 146 Å². The fourth-order valence-electron chi connectivity index (χ4n) is 3.71. The molecule has 5 rings (SSSR count). The van der Waals surface area contributed by atoms with Crippen molar-refractivity contribution < 1.29 is 0 Å². The van der Waals surface area contributed by atoms with Gasteiger partial charge in [-0.1, -0.05) is 84.9 Å². The van der Waals surface area contributed by atoms with E-state index in [9.17, 15) is 0 Å². The summed E-state index contributed by atoms with van der Waals surface area (Å²) in [6.07, 6.45) is 0.